The maximum atomic E-state index is 10.7. The number of benzene rings is 2. The Morgan fingerprint density at radius 1 is 0.920 bits per heavy atom. The minimum atomic E-state index is -0.554. The first-order valence-electron chi connectivity index (χ1n) is 9.65. The van der Waals surface area contributed by atoms with Crippen LogP contribution in [0, 0.1) is 0 Å². The fourth-order valence-corrected chi connectivity index (χ4v) is 4.12. The molecule has 2 aromatic carbocycles. The second kappa shape index (κ2) is 8.16. The summed E-state index contributed by atoms with van der Waals surface area (Å²) < 4.78 is 0. The van der Waals surface area contributed by atoms with Gasteiger partial charge in [-0.15, -0.1) is 0 Å². The van der Waals surface area contributed by atoms with Crippen LogP contribution >= 0.6 is 0 Å². The Balaban J connectivity index is 1.74. The van der Waals surface area contributed by atoms with E-state index in [1.54, 1.807) is 0 Å². The zero-order valence-corrected chi connectivity index (χ0v) is 15.7. The van der Waals surface area contributed by atoms with Crippen LogP contribution in [0.4, 0.5) is 0 Å². The fourth-order valence-electron chi connectivity index (χ4n) is 4.12. The lowest BCUT2D eigenvalue weighted by Crippen LogP contribution is -2.45. The molecule has 1 aliphatic heterocycles. The number of nitrogens with zero attached hydrogens (tertiary/aromatic N) is 1. The van der Waals surface area contributed by atoms with Crippen molar-refractivity contribution in [3.8, 4) is 0 Å². The van der Waals surface area contributed by atoms with Crippen molar-refractivity contribution in [3.63, 3.8) is 0 Å². The lowest BCUT2D eigenvalue weighted by molar-refractivity contribution is 0.0975. The third-order valence-corrected chi connectivity index (χ3v) is 5.77. The number of hydrogen-bond donors (Lipinski definition) is 1. The molecule has 0 aromatic heterocycles. The summed E-state index contributed by atoms with van der Waals surface area (Å²) in [5.41, 5.74) is 3.25. The summed E-state index contributed by atoms with van der Waals surface area (Å²) in [6.07, 6.45) is 3.42. The van der Waals surface area contributed by atoms with Gasteiger partial charge in [0, 0.05) is 18.6 Å². The number of hydrogen-bond acceptors (Lipinski definition) is 2. The Bertz CT molecular complexity index is 659. The Morgan fingerprint density at radius 3 is 2.20 bits per heavy atom. The van der Waals surface area contributed by atoms with Crippen LogP contribution < -0.4 is 0 Å². The monoisotopic (exact) mass is 337 g/mol. The summed E-state index contributed by atoms with van der Waals surface area (Å²) >= 11 is 0. The van der Waals surface area contributed by atoms with E-state index >= 15 is 0 Å². The molecule has 1 aliphatic rings. The van der Waals surface area contributed by atoms with Crippen molar-refractivity contribution in [3.05, 3.63) is 71.3 Å². The average Bonchev–Trinajstić information content (AvgIpc) is 2.65. The SMILES string of the molecule is CC(CN1C(C)CCCC1C)c1cccc(C(O)c2ccccc2)c1. The first kappa shape index (κ1) is 18.2. The minimum Gasteiger partial charge on any atom is -0.384 e. The first-order chi connectivity index (χ1) is 12.1. The van der Waals surface area contributed by atoms with Gasteiger partial charge in [-0.2, -0.15) is 0 Å². The maximum absolute atomic E-state index is 10.7. The highest BCUT2D eigenvalue weighted by atomic mass is 16.3. The van der Waals surface area contributed by atoms with E-state index in [9.17, 15) is 5.11 Å². The van der Waals surface area contributed by atoms with Gasteiger partial charge in [-0.05, 0) is 49.3 Å². The highest BCUT2D eigenvalue weighted by Gasteiger charge is 2.26. The molecule has 4 unspecified atom stereocenters. The molecule has 1 saturated heterocycles. The summed E-state index contributed by atoms with van der Waals surface area (Å²) in [5, 5.41) is 10.7. The molecule has 0 spiro atoms. The minimum absolute atomic E-state index is 0.464. The molecule has 2 heteroatoms. The van der Waals surface area contributed by atoms with E-state index in [4.69, 9.17) is 0 Å². The van der Waals surface area contributed by atoms with Gasteiger partial charge in [0.05, 0.1) is 0 Å². The normalized spacial score (nSPS) is 24.0. The van der Waals surface area contributed by atoms with Gasteiger partial charge in [-0.3, -0.25) is 4.90 Å². The van der Waals surface area contributed by atoms with Crippen molar-refractivity contribution in [1.29, 1.82) is 0 Å². The average molecular weight is 338 g/mol. The van der Waals surface area contributed by atoms with E-state index in [1.807, 2.05) is 36.4 Å². The van der Waals surface area contributed by atoms with Gasteiger partial charge >= 0.3 is 0 Å². The van der Waals surface area contributed by atoms with Gasteiger partial charge in [-0.1, -0.05) is 67.9 Å². The van der Waals surface area contributed by atoms with Crippen molar-refractivity contribution in [2.24, 2.45) is 0 Å². The molecule has 2 aromatic rings. The molecule has 0 saturated carbocycles. The third kappa shape index (κ3) is 4.31. The van der Waals surface area contributed by atoms with Gasteiger partial charge in [0.2, 0.25) is 0 Å². The van der Waals surface area contributed by atoms with Crippen LogP contribution in [0.25, 0.3) is 0 Å². The molecule has 2 nitrogen and oxygen atoms in total. The smallest absolute Gasteiger partial charge is 0.104 e. The van der Waals surface area contributed by atoms with Crippen molar-refractivity contribution < 1.29 is 5.11 Å². The van der Waals surface area contributed by atoms with Crippen molar-refractivity contribution in [2.45, 2.75) is 64.1 Å². The van der Waals surface area contributed by atoms with Crippen LogP contribution in [0.2, 0.25) is 0 Å². The Kier molecular flexibility index (Phi) is 5.93. The van der Waals surface area contributed by atoms with Gasteiger partial charge < -0.3 is 5.11 Å². The third-order valence-electron chi connectivity index (χ3n) is 5.77. The first-order valence-corrected chi connectivity index (χ1v) is 9.65. The van der Waals surface area contributed by atoms with Crippen molar-refractivity contribution in [2.75, 3.05) is 6.54 Å². The summed E-state index contributed by atoms with van der Waals surface area (Å²) in [6.45, 7) is 8.12. The molecule has 0 bridgehead atoms. The fraction of sp³-hybridized carbons (Fsp3) is 0.478. The lowest BCUT2D eigenvalue weighted by atomic mass is 9.91. The van der Waals surface area contributed by atoms with E-state index in [-0.39, 0.29) is 0 Å². The Hall–Kier alpha value is -1.64. The molecule has 1 heterocycles. The molecule has 1 N–H and O–H groups in total. The van der Waals surface area contributed by atoms with Crippen LogP contribution in [0.1, 0.15) is 68.7 Å². The zero-order chi connectivity index (χ0) is 17.8. The van der Waals surface area contributed by atoms with Crippen molar-refractivity contribution >= 4 is 0 Å². The van der Waals surface area contributed by atoms with Gasteiger partial charge in [0.1, 0.15) is 6.10 Å². The number of likely N-dealkylation sites (tertiary alicyclic amines) is 1. The second-order valence-corrected chi connectivity index (χ2v) is 7.71. The van der Waals surface area contributed by atoms with Crippen LogP contribution in [0.15, 0.2) is 54.6 Å². The van der Waals surface area contributed by atoms with E-state index in [0.717, 1.165) is 17.7 Å². The topological polar surface area (TPSA) is 23.5 Å². The standard InChI is InChI=1S/C23H31NO/c1-17(16-24-18(2)9-7-10-19(24)3)21-13-8-14-22(15-21)23(25)20-11-5-4-6-12-20/h4-6,8,11-15,17-19,23,25H,7,9-10,16H2,1-3H3. The zero-order valence-electron chi connectivity index (χ0n) is 15.7. The van der Waals surface area contributed by atoms with Gasteiger partial charge in [0.25, 0.3) is 0 Å². The second-order valence-electron chi connectivity index (χ2n) is 7.71. The van der Waals surface area contributed by atoms with E-state index in [0.29, 0.717) is 18.0 Å². The van der Waals surface area contributed by atoms with Gasteiger partial charge in [-0.25, -0.2) is 0 Å². The number of rotatable bonds is 5. The molecule has 134 valence electrons. The van der Waals surface area contributed by atoms with E-state index < -0.39 is 6.10 Å². The number of aliphatic hydroxyl groups is 1. The summed E-state index contributed by atoms with van der Waals surface area (Å²) in [6, 6.07) is 19.7. The summed E-state index contributed by atoms with van der Waals surface area (Å²) in [4.78, 5) is 2.66. The number of piperidine rings is 1. The van der Waals surface area contributed by atoms with Crippen LogP contribution in [-0.2, 0) is 0 Å². The highest BCUT2D eigenvalue weighted by Crippen LogP contribution is 2.29. The molecule has 4 atom stereocenters. The molecule has 0 amide bonds. The van der Waals surface area contributed by atoms with Crippen LogP contribution in [0.5, 0.6) is 0 Å². The van der Waals surface area contributed by atoms with Crippen LogP contribution in [-0.4, -0.2) is 28.6 Å². The van der Waals surface area contributed by atoms with Crippen LogP contribution in [0.3, 0.4) is 0 Å². The molecule has 3 rings (SSSR count). The number of aliphatic hydroxyl groups excluding tert-OH is 1. The predicted molar refractivity (Wildman–Crippen MR) is 105 cm³/mol. The largest absolute Gasteiger partial charge is 0.384 e. The Morgan fingerprint density at radius 2 is 1.52 bits per heavy atom. The van der Waals surface area contributed by atoms with E-state index in [2.05, 4.69) is 43.9 Å². The quantitative estimate of drug-likeness (QED) is 0.817. The lowest BCUT2D eigenvalue weighted by Gasteiger charge is -2.40. The molecule has 1 fully saturated rings. The highest BCUT2D eigenvalue weighted by molar-refractivity contribution is 5.33. The summed E-state index contributed by atoms with van der Waals surface area (Å²) in [7, 11) is 0. The van der Waals surface area contributed by atoms with Crippen molar-refractivity contribution in [1.82, 2.24) is 4.90 Å². The molecule has 0 radical (unpaired) electrons. The van der Waals surface area contributed by atoms with Gasteiger partial charge in [0.15, 0.2) is 0 Å². The molecule has 25 heavy (non-hydrogen) atoms. The predicted octanol–water partition coefficient (Wildman–Crippen LogP) is 5.13. The molecular formula is C23H31NO. The maximum Gasteiger partial charge on any atom is 0.104 e. The molecule has 0 aliphatic carbocycles. The summed E-state index contributed by atoms with van der Waals surface area (Å²) in [5.74, 6) is 0.464. The Labute approximate surface area is 152 Å². The molecular weight excluding hydrogens is 306 g/mol. The van der Waals surface area contributed by atoms with E-state index in [1.165, 1.54) is 24.8 Å².